The van der Waals surface area contributed by atoms with Crippen LogP contribution in [0.1, 0.15) is 33.6 Å². The molecule has 0 aliphatic rings. The van der Waals surface area contributed by atoms with Crippen molar-refractivity contribution in [1.29, 1.82) is 0 Å². The molecule has 1 N–H and O–H groups in total. The predicted molar refractivity (Wildman–Crippen MR) is 81.1 cm³/mol. The first-order chi connectivity index (χ1) is 8.69. The molecule has 0 saturated heterocycles. The highest BCUT2D eigenvalue weighted by Crippen LogP contribution is 2.36. The lowest BCUT2D eigenvalue weighted by Gasteiger charge is -2.36. The summed E-state index contributed by atoms with van der Waals surface area (Å²) in [7, 11) is 1.64. The summed E-state index contributed by atoms with van der Waals surface area (Å²) in [6, 6.07) is 0. The van der Waals surface area contributed by atoms with Crippen LogP contribution in [0.4, 0.5) is 0 Å². The number of rotatable bonds is 9. The number of ether oxygens (including phenoxy) is 2. The molecule has 0 saturated carbocycles. The second kappa shape index (κ2) is 8.37. The van der Waals surface area contributed by atoms with Gasteiger partial charge in [-0.1, -0.05) is 20.8 Å². The fourth-order valence-electron chi connectivity index (χ4n) is 1.69. The molecule has 0 fully saturated rings. The Kier molecular flexibility index (Phi) is 8.39. The summed E-state index contributed by atoms with van der Waals surface area (Å²) in [4.78, 5) is 0. The van der Waals surface area contributed by atoms with Gasteiger partial charge in [0.1, 0.15) is 0 Å². The average molecular weight is 292 g/mol. The van der Waals surface area contributed by atoms with Crippen molar-refractivity contribution in [2.45, 2.75) is 64.0 Å². The quantitative estimate of drug-likeness (QED) is 0.664. The van der Waals surface area contributed by atoms with Gasteiger partial charge in [-0.3, -0.25) is 0 Å². The SMILES string of the molecule is CO[C@@H](CCO)[C@H](CCO[Si](C)(C)C(C)(C)C)OC. The van der Waals surface area contributed by atoms with E-state index in [9.17, 15) is 0 Å². The molecule has 0 rings (SSSR count). The van der Waals surface area contributed by atoms with Crippen molar-refractivity contribution < 1.29 is 19.0 Å². The van der Waals surface area contributed by atoms with E-state index in [1.807, 2.05) is 0 Å². The first-order valence-corrected chi connectivity index (χ1v) is 9.91. The van der Waals surface area contributed by atoms with Gasteiger partial charge in [0.2, 0.25) is 0 Å². The molecular formula is C14H32O4Si. The number of methoxy groups -OCH3 is 2. The van der Waals surface area contributed by atoms with E-state index in [2.05, 4.69) is 33.9 Å². The van der Waals surface area contributed by atoms with Crippen LogP contribution in [-0.2, 0) is 13.9 Å². The van der Waals surface area contributed by atoms with Crippen LogP contribution in [-0.4, -0.2) is 53.1 Å². The number of hydrogen-bond donors (Lipinski definition) is 1. The molecule has 19 heavy (non-hydrogen) atoms. The van der Waals surface area contributed by atoms with Crippen molar-refractivity contribution in [2.24, 2.45) is 0 Å². The summed E-state index contributed by atoms with van der Waals surface area (Å²) in [5.74, 6) is 0. The molecule has 0 aliphatic heterocycles. The van der Waals surface area contributed by atoms with E-state index in [1.54, 1.807) is 14.2 Å². The van der Waals surface area contributed by atoms with Crippen LogP contribution in [0.3, 0.4) is 0 Å². The van der Waals surface area contributed by atoms with Gasteiger partial charge in [0.15, 0.2) is 8.32 Å². The standard InChI is InChI=1S/C14H32O4Si/c1-14(2,3)19(6,7)18-11-9-13(17-5)12(16-4)8-10-15/h12-13,15H,8-11H2,1-7H3/t12-,13-/m0/s1. The van der Waals surface area contributed by atoms with Gasteiger partial charge in [0.25, 0.3) is 0 Å². The van der Waals surface area contributed by atoms with Crippen LogP contribution in [0, 0.1) is 0 Å². The Labute approximate surface area is 119 Å². The summed E-state index contributed by atoms with van der Waals surface area (Å²) < 4.78 is 17.0. The van der Waals surface area contributed by atoms with Crippen LogP contribution in [0.15, 0.2) is 0 Å². The van der Waals surface area contributed by atoms with E-state index in [0.717, 1.165) is 6.42 Å². The number of aliphatic hydroxyl groups excluding tert-OH is 1. The molecule has 4 nitrogen and oxygen atoms in total. The highest BCUT2D eigenvalue weighted by atomic mass is 28.4. The van der Waals surface area contributed by atoms with Crippen molar-refractivity contribution in [1.82, 2.24) is 0 Å². The molecule has 0 aromatic heterocycles. The second-order valence-corrected chi connectivity index (χ2v) is 11.3. The third-order valence-corrected chi connectivity index (χ3v) is 8.64. The van der Waals surface area contributed by atoms with E-state index in [4.69, 9.17) is 19.0 Å². The summed E-state index contributed by atoms with van der Waals surface area (Å²) in [6.45, 7) is 12.0. The van der Waals surface area contributed by atoms with Crippen molar-refractivity contribution in [3.63, 3.8) is 0 Å². The van der Waals surface area contributed by atoms with Crippen LogP contribution < -0.4 is 0 Å². The van der Waals surface area contributed by atoms with Crippen LogP contribution >= 0.6 is 0 Å². The van der Waals surface area contributed by atoms with Gasteiger partial charge in [0, 0.05) is 27.4 Å². The molecule has 0 bridgehead atoms. The van der Waals surface area contributed by atoms with E-state index in [0.29, 0.717) is 13.0 Å². The first-order valence-electron chi connectivity index (χ1n) is 7.00. The highest BCUT2D eigenvalue weighted by Gasteiger charge is 2.37. The normalized spacial score (nSPS) is 16.4. The lowest BCUT2D eigenvalue weighted by atomic mass is 10.1. The van der Waals surface area contributed by atoms with E-state index >= 15 is 0 Å². The zero-order chi connectivity index (χ0) is 15.1. The highest BCUT2D eigenvalue weighted by molar-refractivity contribution is 6.74. The Morgan fingerprint density at radius 3 is 1.84 bits per heavy atom. The molecule has 116 valence electrons. The summed E-state index contributed by atoms with van der Waals surface area (Å²) in [6.07, 6.45) is 1.29. The fourth-order valence-corrected chi connectivity index (χ4v) is 2.75. The van der Waals surface area contributed by atoms with Gasteiger partial charge in [-0.05, 0) is 31.0 Å². The van der Waals surface area contributed by atoms with Gasteiger partial charge >= 0.3 is 0 Å². The van der Waals surface area contributed by atoms with Gasteiger partial charge in [-0.25, -0.2) is 0 Å². The smallest absolute Gasteiger partial charge is 0.191 e. The van der Waals surface area contributed by atoms with Crippen molar-refractivity contribution in [3.05, 3.63) is 0 Å². The lowest BCUT2D eigenvalue weighted by Crippen LogP contribution is -2.42. The maximum absolute atomic E-state index is 9.01. The van der Waals surface area contributed by atoms with E-state index < -0.39 is 8.32 Å². The van der Waals surface area contributed by atoms with Gasteiger partial charge in [0.05, 0.1) is 12.2 Å². The molecule has 0 aliphatic carbocycles. The second-order valence-electron chi connectivity index (χ2n) is 6.46. The largest absolute Gasteiger partial charge is 0.417 e. The maximum Gasteiger partial charge on any atom is 0.191 e. The van der Waals surface area contributed by atoms with Gasteiger partial charge < -0.3 is 19.0 Å². The third-order valence-electron chi connectivity index (χ3n) is 4.11. The lowest BCUT2D eigenvalue weighted by molar-refractivity contribution is -0.0535. The zero-order valence-corrected chi connectivity index (χ0v) is 14.7. The number of aliphatic hydroxyl groups is 1. The molecule has 0 amide bonds. The minimum absolute atomic E-state index is 0.0260. The van der Waals surface area contributed by atoms with E-state index in [-0.39, 0.29) is 23.9 Å². The third kappa shape index (κ3) is 6.36. The van der Waals surface area contributed by atoms with Crippen molar-refractivity contribution in [3.8, 4) is 0 Å². The molecule has 2 atom stereocenters. The molecular weight excluding hydrogens is 260 g/mol. The van der Waals surface area contributed by atoms with E-state index in [1.165, 1.54) is 0 Å². The Hall–Kier alpha value is 0.0569. The first kappa shape index (κ1) is 19.1. The Morgan fingerprint density at radius 1 is 1.00 bits per heavy atom. The Bertz CT molecular complexity index is 238. The maximum atomic E-state index is 9.01. The van der Waals surface area contributed by atoms with Crippen LogP contribution in [0.5, 0.6) is 0 Å². The van der Waals surface area contributed by atoms with Gasteiger partial charge in [-0.2, -0.15) is 0 Å². The van der Waals surface area contributed by atoms with Crippen molar-refractivity contribution in [2.75, 3.05) is 27.4 Å². The predicted octanol–water partition coefficient (Wildman–Crippen LogP) is 2.81. The minimum Gasteiger partial charge on any atom is -0.417 e. The summed E-state index contributed by atoms with van der Waals surface area (Å²) in [5, 5.41) is 9.24. The Balaban J connectivity index is 4.29. The summed E-state index contributed by atoms with van der Waals surface area (Å²) >= 11 is 0. The average Bonchev–Trinajstić information content (AvgIpc) is 2.31. The molecule has 0 radical (unpaired) electrons. The monoisotopic (exact) mass is 292 g/mol. The molecule has 0 unspecified atom stereocenters. The molecule has 0 spiro atoms. The fraction of sp³-hybridized carbons (Fsp3) is 1.00. The molecule has 0 heterocycles. The number of hydrogen-bond acceptors (Lipinski definition) is 4. The molecule has 0 aromatic rings. The molecule has 5 heteroatoms. The van der Waals surface area contributed by atoms with Crippen LogP contribution in [0.25, 0.3) is 0 Å². The zero-order valence-electron chi connectivity index (χ0n) is 13.7. The van der Waals surface area contributed by atoms with Crippen LogP contribution in [0.2, 0.25) is 18.1 Å². The minimum atomic E-state index is -1.69. The van der Waals surface area contributed by atoms with Gasteiger partial charge in [-0.15, -0.1) is 0 Å². The molecule has 0 aromatic carbocycles. The topological polar surface area (TPSA) is 47.9 Å². The van der Waals surface area contributed by atoms with Crippen molar-refractivity contribution >= 4 is 8.32 Å². The Morgan fingerprint density at radius 2 is 1.47 bits per heavy atom. The summed E-state index contributed by atoms with van der Waals surface area (Å²) in [5.41, 5.74) is 0.